The maximum Gasteiger partial charge on any atom is 0.263 e. The van der Waals surface area contributed by atoms with Gasteiger partial charge in [0.15, 0.2) is 0 Å². The van der Waals surface area contributed by atoms with E-state index in [-0.39, 0.29) is 5.91 Å². The molecule has 3 saturated heterocycles. The van der Waals surface area contributed by atoms with Gasteiger partial charge in [0.25, 0.3) is 5.91 Å². The molecule has 0 spiro atoms. The first-order valence-electron chi connectivity index (χ1n) is 8.46. The second-order valence-electron chi connectivity index (χ2n) is 6.89. The number of thiophene rings is 1. The molecular weight excluding hydrogens is 296 g/mol. The molecule has 1 aromatic rings. The molecule has 0 saturated carbocycles. The van der Waals surface area contributed by atoms with Crippen molar-refractivity contribution in [1.82, 2.24) is 9.80 Å². The van der Waals surface area contributed by atoms with Gasteiger partial charge in [0.05, 0.1) is 11.0 Å². The summed E-state index contributed by atoms with van der Waals surface area (Å²) in [5, 5.41) is 1.99. The number of ether oxygens (including phenoxy) is 1. The van der Waals surface area contributed by atoms with E-state index < -0.39 is 0 Å². The Morgan fingerprint density at radius 1 is 1.27 bits per heavy atom. The molecule has 22 heavy (non-hydrogen) atoms. The predicted molar refractivity (Wildman–Crippen MR) is 87.2 cm³/mol. The van der Waals surface area contributed by atoms with Crippen LogP contribution in [0.25, 0.3) is 0 Å². The lowest BCUT2D eigenvalue weighted by atomic mass is 9.88. The van der Waals surface area contributed by atoms with E-state index in [9.17, 15) is 4.79 Å². The van der Waals surface area contributed by atoms with Crippen LogP contribution in [0.15, 0.2) is 17.5 Å². The molecule has 3 aliphatic heterocycles. The van der Waals surface area contributed by atoms with Gasteiger partial charge >= 0.3 is 0 Å². The average molecular weight is 320 g/mol. The van der Waals surface area contributed by atoms with Crippen LogP contribution in [0.4, 0.5) is 0 Å². The zero-order chi connectivity index (χ0) is 14.9. The van der Waals surface area contributed by atoms with Crippen molar-refractivity contribution in [3.8, 4) is 0 Å². The van der Waals surface area contributed by atoms with Gasteiger partial charge in [-0.15, -0.1) is 11.3 Å². The molecule has 0 N–H and O–H groups in total. The molecule has 0 radical (unpaired) electrons. The van der Waals surface area contributed by atoms with Crippen LogP contribution in [0.3, 0.4) is 0 Å². The summed E-state index contributed by atoms with van der Waals surface area (Å²) >= 11 is 1.55. The van der Waals surface area contributed by atoms with Crippen LogP contribution in [-0.4, -0.2) is 61.1 Å². The Morgan fingerprint density at radius 3 is 2.95 bits per heavy atom. The minimum atomic E-state index is 0.232. The Labute approximate surface area is 136 Å². The number of fused-ring (bicyclic) bond motifs is 1. The maximum absolute atomic E-state index is 12.5. The molecule has 3 fully saturated rings. The first-order valence-corrected chi connectivity index (χ1v) is 9.34. The quantitative estimate of drug-likeness (QED) is 0.857. The number of rotatable bonds is 3. The van der Waals surface area contributed by atoms with Crippen LogP contribution in [0, 0.1) is 11.8 Å². The molecule has 0 bridgehead atoms. The topological polar surface area (TPSA) is 32.8 Å². The molecule has 0 aromatic carbocycles. The Bertz CT molecular complexity index is 513. The molecule has 0 aliphatic carbocycles. The lowest BCUT2D eigenvalue weighted by Crippen LogP contribution is -2.43. The highest BCUT2D eigenvalue weighted by Gasteiger charge is 2.39. The lowest BCUT2D eigenvalue weighted by Gasteiger charge is -2.35. The Hall–Kier alpha value is -0.910. The first kappa shape index (κ1) is 14.7. The maximum atomic E-state index is 12.5. The largest absolute Gasteiger partial charge is 0.377 e. The van der Waals surface area contributed by atoms with Crippen LogP contribution in [0.1, 0.15) is 28.9 Å². The molecule has 4 heterocycles. The van der Waals surface area contributed by atoms with Gasteiger partial charge in [0.1, 0.15) is 0 Å². The second kappa shape index (κ2) is 6.30. The van der Waals surface area contributed by atoms with E-state index in [0.717, 1.165) is 37.7 Å². The van der Waals surface area contributed by atoms with Crippen molar-refractivity contribution in [3.05, 3.63) is 22.4 Å². The number of nitrogens with zero attached hydrogens (tertiary/aromatic N) is 2. The van der Waals surface area contributed by atoms with E-state index in [1.807, 2.05) is 17.5 Å². The second-order valence-corrected chi connectivity index (χ2v) is 7.84. The number of hydrogen-bond acceptors (Lipinski definition) is 4. The molecule has 1 amide bonds. The molecule has 1 aromatic heterocycles. The van der Waals surface area contributed by atoms with Crippen molar-refractivity contribution >= 4 is 17.2 Å². The fourth-order valence-corrected chi connectivity index (χ4v) is 4.90. The number of carbonyl (C=O) groups is 1. The third-order valence-electron chi connectivity index (χ3n) is 5.39. The molecule has 4 rings (SSSR count). The lowest BCUT2D eigenvalue weighted by molar-refractivity contribution is 0.0506. The molecule has 1 unspecified atom stereocenters. The van der Waals surface area contributed by atoms with Crippen molar-refractivity contribution in [3.63, 3.8) is 0 Å². The van der Waals surface area contributed by atoms with E-state index in [2.05, 4.69) is 9.80 Å². The average Bonchev–Trinajstić information content (AvgIpc) is 3.27. The summed E-state index contributed by atoms with van der Waals surface area (Å²) in [7, 11) is 0. The summed E-state index contributed by atoms with van der Waals surface area (Å²) in [5.41, 5.74) is 0. The molecule has 5 heteroatoms. The van der Waals surface area contributed by atoms with Gasteiger partial charge < -0.3 is 14.5 Å². The van der Waals surface area contributed by atoms with Crippen LogP contribution in [-0.2, 0) is 4.74 Å². The number of carbonyl (C=O) groups excluding carboxylic acids is 1. The zero-order valence-electron chi connectivity index (χ0n) is 12.9. The number of hydrogen-bond donors (Lipinski definition) is 0. The van der Waals surface area contributed by atoms with Crippen LogP contribution in [0.2, 0.25) is 0 Å². The summed E-state index contributed by atoms with van der Waals surface area (Å²) < 4.78 is 5.77. The van der Waals surface area contributed by atoms with E-state index in [1.165, 1.54) is 25.8 Å². The van der Waals surface area contributed by atoms with Crippen molar-refractivity contribution in [2.24, 2.45) is 11.8 Å². The van der Waals surface area contributed by atoms with Gasteiger partial charge in [-0.25, -0.2) is 0 Å². The van der Waals surface area contributed by atoms with Gasteiger partial charge in [-0.3, -0.25) is 4.79 Å². The number of amides is 1. The normalized spacial score (nSPS) is 32.4. The SMILES string of the molecule is O=C(c1cccs1)N1C[C@H]2CCN(CC3CCCO3)C[C@H]2C1. The number of likely N-dealkylation sites (tertiary alicyclic amines) is 2. The molecule has 4 nitrogen and oxygen atoms in total. The number of piperidine rings is 1. The van der Waals surface area contributed by atoms with Crippen molar-refractivity contribution in [2.45, 2.75) is 25.4 Å². The van der Waals surface area contributed by atoms with Crippen LogP contribution < -0.4 is 0 Å². The third kappa shape index (κ3) is 2.94. The van der Waals surface area contributed by atoms with Gasteiger partial charge in [0, 0.05) is 32.8 Å². The van der Waals surface area contributed by atoms with Crippen LogP contribution in [0.5, 0.6) is 0 Å². The predicted octanol–water partition coefficient (Wildman–Crippen LogP) is 2.32. The minimum absolute atomic E-state index is 0.232. The molecule has 120 valence electrons. The zero-order valence-corrected chi connectivity index (χ0v) is 13.8. The monoisotopic (exact) mass is 320 g/mol. The Morgan fingerprint density at radius 2 is 2.18 bits per heavy atom. The molecule has 3 aliphatic rings. The fourth-order valence-electron chi connectivity index (χ4n) is 4.21. The van der Waals surface area contributed by atoms with Gasteiger partial charge in [-0.1, -0.05) is 6.07 Å². The Kier molecular flexibility index (Phi) is 4.20. The van der Waals surface area contributed by atoms with Crippen LogP contribution >= 0.6 is 11.3 Å². The van der Waals surface area contributed by atoms with Gasteiger partial charge in [-0.05, 0) is 49.1 Å². The summed E-state index contributed by atoms with van der Waals surface area (Å²) in [6.45, 7) is 6.22. The van der Waals surface area contributed by atoms with E-state index in [4.69, 9.17) is 4.74 Å². The first-order chi connectivity index (χ1) is 10.8. The highest BCUT2D eigenvalue weighted by molar-refractivity contribution is 7.12. The van der Waals surface area contributed by atoms with E-state index in [1.54, 1.807) is 11.3 Å². The highest BCUT2D eigenvalue weighted by Crippen LogP contribution is 2.32. The Balaban J connectivity index is 1.34. The molecule has 3 atom stereocenters. The standard InChI is InChI=1S/C17H24N2O2S/c20-17(16-4-2-8-22-16)19-10-13-5-6-18(9-14(13)11-19)12-15-3-1-7-21-15/h2,4,8,13-15H,1,3,5-7,9-12H2/t13-,14+,15?/m1/s1. The summed E-state index contributed by atoms with van der Waals surface area (Å²) in [6.07, 6.45) is 4.11. The summed E-state index contributed by atoms with van der Waals surface area (Å²) in [6, 6.07) is 3.91. The van der Waals surface area contributed by atoms with Gasteiger partial charge in [-0.2, -0.15) is 0 Å². The van der Waals surface area contributed by atoms with Crippen molar-refractivity contribution in [2.75, 3.05) is 39.3 Å². The van der Waals surface area contributed by atoms with E-state index in [0.29, 0.717) is 17.9 Å². The molecular formula is C17H24N2O2S. The summed E-state index contributed by atoms with van der Waals surface area (Å²) in [4.78, 5) is 18.0. The summed E-state index contributed by atoms with van der Waals surface area (Å²) in [5.74, 6) is 1.58. The third-order valence-corrected chi connectivity index (χ3v) is 6.25. The fraction of sp³-hybridized carbons (Fsp3) is 0.706. The highest BCUT2D eigenvalue weighted by atomic mass is 32.1. The van der Waals surface area contributed by atoms with E-state index >= 15 is 0 Å². The van der Waals surface area contributed by atoms with Gasteiger partial charge in [0.2, 0.25) is 0 Å². The van der Waals surface area contributed by atoms with Crippen molar-refractivity contribution < 1.29 is 9.53 Å². The smallest absolute Gasteiger partial charge is 0.263 e. The minimum Gasteiger partial charge on any atom is -0.377 e. The van der Waals surface area contributed by atoms with Crippen molar-refractivity contribution in [1.29, 1.82) is 0 Å².